The second kappa shape index (κ2) is 4.31. The summed E-state index contributed by atoms with van der Waals surface area (Å²) in [5.74, 6) is -0.543. The lowest BCUT2D eigenvalue weighted by molar-refractivity contribution is -0.161. The van der Waals surface area contributed by atoms with Crippen LogP contribution in [-0.4, -0.2) is 25.3 Å². The van der Waals surface area contributed by atoms with Crippen LogP contribution in [0.2, 0.25) is 0 Å². The van der Waals surface area contributed by atoms with Gasteiger partial charge in [0.25, 0.3) is 0 Å². The third kappa shape index (κ3) is 1.94. The number of methoxy groups -OCH3 is 2. The largest absolute Gasteiger partial charge is 0.496 e. The van der Waals surface area contributed by atoms with Crippen LogP contribution < -0.4 is 4.74 Å². The van der Waals surface area contributed by atoms with Crippen molar-refractivity contribution in [1.29, 1.82) is 0 Å². The minimum atomic E-state index is -1.38. The van der Waals surface area contributed by atoms with E-state index in [-0.39, 0.29) is 0 Å². The van der Waals surface area contributed by atoms with Crippen LogP contribution in [0.25, 0.3) is 0 Å². The molecule has 0 aliphatic heterocycles. The zero-order valence-electron chi connectivity index (χ0n) is 8.98. The predicted molar refractivity (Wildman–Crippen MR) is 55.0 cm³/mol. The minimum Gasteiger partial charge on any atom is -0.496 e. The average Bonchev–Trinajstić information content (AvgIpc) is 2.27. The number of carbonyl (C=O) groups is 1. The maximum Gasteiger partial charge on any atom is 0.340 e. The maximum absolute atomic E-state index is 11.1. The van der Waals surface area contributed by atoms with E-state index in [2.05, 4.69) is 0 Å². The van der Waals surface area contributed by atoms with E-state index in [0.717, 1.165) is 0 Å². The Morgan fingerprint density at radius 2 is 1.93 bits per heavy atom. The number of para-hydroxylation sites is 1. The van der Waals surface area contributed by atoms with Crippen molar-refractivity contribution in [2.45, 2.75) is 12.5 Å². The molecule has 0 aromatic heterocycles. The van der Waals surface area contributed by atoms with E-state index in [4.69, 9.17) is 14.6 Å². The summed E-state index contributed by atoms with van der Waals surface area (Å²) in [5, 5.41) is 9.13. The Balaban J connectivity index is 3.29. The van der Waals surface area contributed by atoms with Crippen LogP contribution in [0.3, 0.4) is 0 Å². The molecule has 1 atom stereocenters. The molecule has 1 N–H and O–H groups in total. The first kappa shape index (κ1) is 11.5. The molecular weight excluding hydrogens is 196 g/mol. The van der Waals surface area contributed by atoms with Crippen molar-refractivity contribution in [3.63, 3.8) is 0 Å². The lowest BCUT2D eigenvalue weighted by atomic mass is 9.95. The van der Waals surface area contributed by atoms with Crippen LogP contribution in [0.1, 0.15) is 12.5 Å². The molecule has 1 aromatic rings. The molecule has 0 amide bonds. The van der Waals surface area contributed by atoms with Gasteiger partial charge in [0.15, 0.2) is 5.60 Å². The van der Waals surface area contributed by atoms with Crippen LogP contribution in [0.5, 0.6) is 5.75 Å². The van der Waals surface area contributed by atoms with Gasteiger partial charge in [-0.1, -0.05) is 18.2 Å². The number of rotatable bonds is 4. The van der Waals surface area contributed by atoms with Gasteiger partial charge in [0.05, 0.1) is 7.11 Å². The van der Waals surface area contributed by atoms with Crippen molar-refractivity contribution >= 4 is 5.97 Å². The summed E-state index contributed by atoms with van der Waals surface area (Å²) < 4.78 is 10.1. The van der Waals surface area contributed by atoms with Crippen molar-refractivity contribution in [2.24, 2.45) is 0 Å². The van der Waals surface area contributed by atoms with Gasteiger partial charge in [0.1, 0.15) is 5.75 Å². The zero-order chi connectivity index (χ0) is 11.5. The molecule has 0 saturated carbocycles. The first-order valence-electron chi connectivity index (χ1n) is 4.48. The Bertz CT molecular complexity index is 361. The van der Waals surface area contributed by atoms with Gasteiger partial charge in [-0.3, -0.25) is 0 Å². The fraction of sp³-hybridized carbons (Fsp3) is 0.364. The van der Waals surface area contributed by atoms with Crippen molar-refractivity contribution in [1.82, 2.24) is 0 Å². The van der Waals surface area contributed by atoms with Gasteiger partial charge in [0, 0.05) is 12.7 Å². The van der Waals surface area contributed by atoms with E-state index in [0.29, 0.717) is 11.3 Å². The zero-order valence-corrected chi connectivity index (χ0v) is 8.98. The van der Waals surface area contributed by atoms with Gasteiger partial charge >= 0.3 is 5.97 Å². The summed E-state index contributed by atoms with van der Waals surface area (Å²) in [5.41, 5.74) is -0.880. The summed E-state index contributed by atoms with van der Waals surface area (Å²) in [6, 6.07) is 6.91. The number of carboxylic acids is 1. The molecule has 1 rings (SSSR count). The monoisotopic (exact) mass is 210 g/mol. The van der Waals surface area contributed by atoms with E-state index in [1.165, 1.54) is 21.1 Å². The SMILES string of the molecule is COc1ccccc1C(C)(OC)C(=O)O. The molecule has 4 nitrogen and oxygen atoms in total. The molecule has 15 heavy (non-hydrogen) atoms. The fourth-order valence-electron chi connectivity index (χ4n) is 1.35. The molecule has 0 aliphatic rings. The van der Waals surface area contributed by atoms with Crippen LogP contribution in [0.15, 0.2) is 24.3 Å². The smallest absolute Gasteiger partial charge is 0.340 e. The lowest BCUT2D eigenvalue weighted by Crippen LogP contribution is -2.34. The Hall–Kier alpha value is -1.55. The van der Waals surface area contributed by atoms with Crippen LogP contribution in [0.4, 0.5) is 0 Å². The number of benzene rings is 1. The third-order valence-electron chi connectivity index (χ3n) is 2.44. The molecule has 1 aromatic carbocycles. The molecule has 0 radical (unpaired) electrons. The molecule has 0 aliphatic carbocycles. The van der Waals surface area contributed by atoms with E-state index in [1.54, 1.807) is 24.3 Å². The highest BCUT2D eigenvalue weighted by Crippen LogP contribution is 2.32. The van der Waals surface area contributed by atoms with Crippen LogP contribution in [0, 0.1) is 0 Å². The molecule has 4 heteroatoms. The summed E-state index contributed by atoms with van der Waals surface area (Å²) in [6.45, 7) is 1.49. The number of hydrogen-bond donors (Lipinski definition) is 1. The van der Waals surface area contributed by atoms with Crippen molar-refractivity contribution < 1.29 is 19.4 Å². The van der Waals surface area contributed by atoms with Gasteiger partial charge in [-0.05, 0) is 13.0 Å². The molecular formula is C11H14O4. The Morgan fingerprint density at radius 3 is 2.40 bits per heavy atom. The minimum absolute atomic E-state index is 0.502. The number of aliphatic carboxylic acids is 1. The summed E-state index contributed by atoms with van der Waals surface area (Å²) in [7, 11) is 2.86. The molecule has 1 unspecified atom stereocenters. The quantitative estimate of drug-likeness (QED) is 0.820. The molecule has 0 fully saturated rings. The molecule has 0 saturated heterocycles. The lowest BCUT2D eigenvalue weighted by Gasteiger charge is -2.25. The van der Waals surface area contributed by atoms with E-state index < -0.39 is 11.6 Å². The summed E-state index contributed by atoms with van der Waals surface area (Å²) in [6.07, 6.45) is 0. The van der Waals surface area contributed by atoms with Crippen molar-refractivity contribution in [3.05, 3.63) is 29.8 Å². The second-order valence-corrected chi connectivity index (χ2v) is 3.24. The third-order valence-corrected chi connectivity index (χ3v) is 2.44. The summed E-state index contributed by atoms with van der Waals surface area (Å²) >= 11 is 0. The van der Waals surface area contributed by atoms with Gasteiger partial charge in [0.2, 0.25) is 0 Å². The Morgan fingerprint density at radius 1 is 1.33 bits per heavy atom. The maximum atomic E-state index is 11.1. The molecule has 0 bridgehead atoms. The van der Waals surface area contributed by atoms with Gasteiger partial charge in [-0.25, -0.2) is 4.79 Å². The van der Waals surface area contributed by atoms with Crippen molar-refractivity contribution in [3.8, 4) is 5.75 Å². The van der Waals surface area contributed by atoms with Gasteiger partial charge in [-0.15, -0.1) is 0 Å². The highest BCUT2D eigenvalue weighted by atomic mass is 16.5. The number of carboxylic acid groups (broad SMARTS) is 1. The van der Waals surface area contributed by atoms with Crippen molar-refractivity contribution in [2.75, 3.05) is 14.2 Å². The normalized spacial score (nSPS) is 14.3. The average molecular weight is 210 g/mol. The highest BCUT2D eigenvalue weighted by molar-refractivity contribution is 5.80. The van der Waals surface area contributed by atoms with Crippen LogP contribution >= 0.6 is 0 Å². The number of ether oxygens (including phenoxy) is 2. The van der Waals surface area contributed by atoms with Crippen LogP contribution in [-0.2, 0) is 15.1 Å². The molecule has 82 valence electrons. The van der Waals surface area contributed by atoms with Gasteiger partial charge in [-0.2, -0.15) is 0 Å². The summed E-state index contributed by atoms with van der Waals surface area (Å²) in [4.78, 5) is 11.1. The molecule has 0 heterocycles. The molecule has 0 spiro atoms. The topological polar surface area (TPSA) is 55.8 Å². The Labute approximate surface area is 88.4 Å². The van der Waals surface area contributed by atoms with Gasteiger partial charge < -0.3 is 14.6 Å². The van der Waals surface area contributed by atoms with E-state index >= 15 is 0 Å². The first-order chi connectivity index (χ1) is 7.06. The highest BCUT2D eigenvalue weighted by Gasteiger charge is 2.37. The standard InChI is InChI=1S/C11H14O4/c1-11(15-3,10(12)13)8-6-4-5-7-9(8)14-2/h4-7H,1-3H3,(H,12,13). The number of hydrogen-bond acceptors (Lipinski definition) is 3. The van der Waals surface area contributed by atoms with E-state index in [9.17, 15) is 4.79 Å². The van der Waals surface area contributed by atoms with E-state index in [1.807, 2.05) is 0 Å². The fourth-order valence-corrected chi connectivity index (χ4v) is 1.35. The second-order valence-electron chi connectivity index (χ2n) is 3.24. The first-order valence-corrected chi connectivity index (χ1v) is 4.48. The predicted octanol–water partition coefficient (Wildman–Crippen LogP) is 1.64. The Kier molecular flexibility index (Phi) is 3.31.